The van der Waals surface area contributed by atoms with Crippen LogP contribution in [0.4, 0.5) is 10.1 Å². The molecule has 1 aliphatic rings. The van der Waals surface area contributed by atoms with Gasteiger partial charge >= 0.3 is 0 Å². The van der Waals surface area contributed by atoms with Crippen molar-refractivity contribution in [1.29, 1.82) is 0 Å². The van der Waals surface area contributed by atoms with Gasteiger partial charge < -0.3 is 4.90 Å². The Kier molecular flexibility index (Phi) is 6.37. The number of benzene rings is 1. The Balaban J connectivity index is 1.34. The van der Waals surface area contributed by atoms with Gasteiger partial charge in [-0.2, -0.15) is 5.10 Å². The summed E-state index contributed by atoms with van der Waals surface area (Å²) >= 11 is 12.2. The average molecular weight is 446 g/mol. The van der Waals surface area contributed by atoms with Gasteiger partial charge in [0.2, 0.25) is 0 Å². The van der Waals surface area contributed by atoms with Crippen LogP contribution >= 0.6 is 23.2 Å². The van der Waals surface area contributed by atoms with Gasteiger partial charge in [-0.3, -0.25) is 4.90 Å². The van der Waals surface area contributed by atoms with E-state index in [-0.39, 0.29) is 5.82 Å². The summed E-state index contributed by atoms with van der Waals surface area (Å²) in [4.78, 5) is 8.85. The molecule has 2 aromatic heterocycles. The highest BCUT2D eigenvalue weighted by molar-refractivity contribution is 6.32. The van der Waals surface area contributed by atoms with Gasteiger partial charge in [-0.15, -0.1) is 0 Å². The predicted octanol–water partition coefficient (Wildman–Crippen LogP) is 4.86. The van der Waals surface area contributed by atoms with Crippen LogP contribution in [0.5, 0.6) is 0 Å². The standard InChI is InChI=1S/C22H22Cl2FN5/c1-16-17(15-27-30(16)22-21(24)5-2-6-26-22)4-3-7-28-8-10-29(11-9-28)20-13-18(23)12-19(25)14-20/h2-6,12-15H,7-11H2,1H3. The molecule has 30 heavy (non-hydrogen) atoms. The Morgan fingerprint density at radius 3 is 2.67 bits per heavy atom. The molecule has 0 atom stereocenters. The summed E-state index contributed by atoms with van der Waals surface area (Å²) in [6.45, 7) is 6.32. The van der Waals surface area contributed by atoms with Crippen LogP contribution in [0, 0.1) is 12.7 Å². The minimum absolute atomic E-state index is 0.300. The summed E-state index contributed by atoms with van der Waals surface area (Å²) in [5.74, 6) is 0.329. The number of aromatic nitrogens is 3. The first kappa shape index (κ1) is 20.8. The lowest BCUT2D eigenvalue weighted by atomic mass is 10.2. The SMILES string of the molecule is Cc1c(C=CCN2CCN(c3cc(F)cc(Cl)c3)CC2)cnn1-c1ncccc1Cl. The van der Waals surface area contributed by atoms with Crippen molar-refractivity contribution >= 4 is 35.0 Å². The molecule has 1 aliphatic heterocycles. The van der Waals surface area contributed by atoms with Crippen molar-refractivity contribution in [3.8, 4) is 5.82 Å². The molecule has 0 radical (unpaired) electrons. The molecule has 4 rings (SSSR count). The first-order valence-electron chi connectivity index (χ1n) is 9.77. The van der Waals surface area contributed by atoms with Crippen molar-refractivity contribution in [1.82, 2.24) is 19.7 Å². The molecule has 0 aliphatic carbocycles. The second-order valence-corrected chi connectivity index (χ2v) is 8.07. The average Bonchev–Trinajstić information content (AvgIpc) is 3.08. The third-order valence-electron chi connectivity index (χ3n) is 5.23. The van der Waals surface area contributed by atoms with Gasteiger partial charge in [-0.25, -0.2) is 14.1 Å². The quantitative estimate of drug-likeness (QED) is 0.561. The van der Waals surface area contributed by atoms with E-state index in [0.29, 0.717) is 15.9 Å². The largest absolute Gasteiger partial charge is 0.369 e. The highest BCUT2D eigenvalue weighted by Gasteiger charge is 2.17. The van der Waals surface area contributed by atoms with Crippen LogP contribution < -0.4 is 4.90 Å². The van der Waals surface area contributed by atoms with Gasteiger partial charge in [0.25, 0.3) is 0 Å². The number of pyridine rings is 1. The fourth-order valence-corrected chi connectivity index (χ4v) is 3.99. The Hall–Kier alpha value is -2.41. The van der Waals surface area contributed by atoms with Crippen molar-refractivity contribution in [3.63, 3.8) is 0 Å². The topological polar surface area (TPSA) is 37.2 Å². The summed E-state index contributed by atoms with van der Waals surface area (Å²) in [6, 6.07) is 8.29. The van der Waals surface area contributed by atoms with E-state index >= 15 is 0 Å². The first-order valence-corrected chi connectivity index (χ1v) is 10.5. The predicted molar refractivity (Wildman–Crippen MR) is 120 cm³/mol. The minimum Gasteiger partial charge on any atom is -0.369 e. The van der Waals surface area contributed by atoms with Crippen molar-refractivity contribution in [2.24, 2.45) is 0 Å². The number of anilines is 1. The molecule has 5 nitrogen and oxygen atoms in total. The lowest BCUT2D eigenvalue weighted by molar-refractivity contribution is 0.284. The van der Waals surface area contributed by atoms with Crippen molar-refractivity contribution in [2.75, 3.05) is 37.6 Å². The maximum Gasteiger partial charge on any atom is 0.172 e. The molecule has 1 aromatic carbocycles. The first-order chi connectivity index (χ1) is 14.5. The van der Waals surface area contributed by atoms with Gasteiger partial charge in [0.1, 0.15) is 5.82 Å². The molecule has 0 bridgehead atoms. The summed E-state index contributed by atoms with van der Waals surface area (Å²) in [5, 5.41) is 5.42. The number of piperazine rings is 1. The van der Waals surface area contributed by atoms with E-state index < -0.39 is 0 Å². The Morgan fingerprint density at radius 2 is 1.93 bits per heavy atom. The summed E-state index contributed by atoms with van der Waals surface area (Å²) in [5.41, 5.74) is 2.86. The molecule has 3 aromatic rings. The van der Waals surface area contributed by atoms with Crippen LogP contribution in [0.3, 0.4) is 0 Å². The van der Waals surface area contributed by atoms with Crippen LogP contribution in [0.25, 0.3) is 11.9 Å². The molecule has 0 unspecified atom stereocenters. The monoisotopic (exact) mass is 445 g/mol. The van der Waals surface area contributed by atoms with E-state index in [9.17, 15) is 4.39 Å². The molecule has 8 heteroatoms. The van der Waals surface area contributed by atoms with E-state index in [4.69, 9.17) is 23.2 Å². The lowest BCUT2D eigenvalue weighted by Crippen LogP contribution is -2.46. The Morgan fingerprint density at radius 1 is 1.13 bits per heavy atom. The van der Waals surface area contributed by atoms with E-state index in [1.165, 1.54) is 12.1 Å². The molecular formula is C22H22Cl2FN5. The molecule has 0 N–H and O–H groups in total. The zero-order valence-electron chi connectivity index (χ0n) is 16.6. The minimum atomic E-state index is -0.300. The van der Waals surface area contributed by atoms with Crippen LogP contribution in [0.1, 0.15) is 11.3 Å². The summed E-state index contributed by atoms with van der Waals surface area (Å²) < 4.78 is 15.4. The molecule has 1 saturated heterocycles. The highest BCUT2D eigenvalue weighted by atomic mass is 35.5. The van der Waals surface area contributed by atoms with E-state index in [2.05, 4.69) is 32.0 Å². The Bertz CT molecular complexity index is 1040. The van der Waals surface area contributed by atoms with Gasteiger partial charge in [0, 0.05) is 55.2 Å². The van der Waals surface area contributed by atoms with Gasteiger partial charge in [0.05, 0.1) is 16.9 Å². The molecular weight excluding hydrogens is 424 g/mol. The van der Waals surface area contributed by atoms with Crippen molar-refractivity contribution in [2.45, 2.75) is 6.92 Å². The van der Waals surface area contributed by atoms with Crippen molar-refractivity contribution in [3.05, 3.63) is 75.9 Å². The number of hydrogen-bond acceptors (Lipinski definition) is 4. The third-order valence-corrected chi connectivity index (χ3v) is 5.75. The zero-order valence-corrected chi connectivity index (χ0v) is 18.1. The summed E-state index contributed by atoms with van der Waals surface area (Å²) in [6.07, 6.45) is 7.75. The molecule has 156 valence electrons. The van der Waals surface area contributed by atoms with Crippen LogP contribution in [-0.4, -0.2) is 52.4 Å². The van der Waals surface area contributed by atoms with Crippen LogP contribution in [0.2, 0.25) is 10.0 Å². The maximum absolute atomic E-state index is 13.6. The fraction of sp³-hybridized carbons (Fsp3) is 0.273. The zero-order chi connectivity index (χ0) is 21.1. The normalized spacial score (nSPS) is 15.3. The van der Waals surface area contributed by atoms with E-state index in [1.54, 1.807) is 23.0 Å². The molecule has 0 amide bonds. The number of rotatable bonds is 5. The molecule has 1 fully saturated rings. The highest BCUT2D eigenvalue weighted by Crippen LogP contribution is 2.23. The van der Waals surface area contributed by atoms with Gasteiger partial charge in [-0.05, 0) is 37.3 Å². The Labute approximate surface area is 185 Å². The van der Waals surface area contributed by atoms with Crippen LogP contribution in [-0.2, 0) is 0 Å². The number of hydrogen-bond donors (Lipinski definition) is 0. The van der Waals surface area contributed by atoms with Gasteiger partial charge in [0.15, 0.2) is 5.82 Å². The van der Waals surface area contributed by atoms with E-state index in [1.807, 2.05) is 19.2 Å². The van der Waals surface area contributed by atoms with Gasteiger partial charge in [-0.1, -0.05) is 35.4 Å². The fourth-order valence-electron chi connectivity index (χ4n) is 3.57. The molecule has 0 saturated carbocycles. The second-order valence-electron chi connectivity index (χ2n) is 7.22. The van der Waals surface area contributed by atoms with Crippen molar-refractivity contribution < 1.29 is 4.39 Å². The number of nitrogens with zero attached hydrogens (tertiary/aromatic N) is 5. The summed E-state index contributed by atoms with van der Waals surface area (Å²) in [7, 11) is 0. The maximum atomic E-state index is 13.6. The molecule has 3 heterocycles. The lowest BCUT2D eigenvalue weighted by Gasteiger charge is -2.35. The number of halogens is 3. The smallest absolute Gasteiger partial charge is 0.172 e. The molecule has 0 spiro atoms. The van der Waals surface area contributed by atoms with E-state index in [0.717, 1.165) is 49.7 Å². The van der Waals surface area contributed by atoms with Crippen LogP contribution in [0.15, 0.2) is 48.8 Å². The second kappa shape index (κ2) is 9.16. The third kappa shape index (κ3) is 4.67.